The highest BCUT2D eigenvalue weighted by Gasteiger charge is 2.38. The Balaban J connectivity index is 2.67. The first kappa shape index (κ1) is 13.8. The minimum atomic E-state index is -4.83. The van der Waals surface area contributed by atoms with Gasteiger partial charge in [-0.3, -0.25) is 4.57 Å². The van der Waals surface area contributed by atoms with E-state index in [0.29, 0.717) is 4.68 Å². The first-order valence-electron chi connectivity index (χ1n) is 5.19. The predicted molar refractivity (Wildman–Crippen MR) is 58.5 cm³/mol. The highest BCUT2D eigenvalue weighted by atomic mass is 19.4. The van der Waals surface area contributed by atoms with Crippen LogP contribution in [0.4, 0.5) is 17.6 Å². The van der Waals surface area contributed by atoms with Gasteiger partial charge in [0, 0.05) is 7.05 Å². The molecule has 0 saturated carbocycles. The van der Waals surface area contributed by atoms with Gasteiger partial charge in [0.1, 0.15) is 11.5 Å². The second-order valence-corrected chi connectivity index (χ2v) is 3.85. The normalized spacial score (nSPS) is 11.4. The lowest BCUT2D eigenvalue weighted by Crippen LogP contribution is -2.24. The molecule has 0 unspecified atom stereocenters. The standard InChI is InChI=1S/C11H6F4N4O/c1-18-9(11(13,14)15)17-19(10(18)20)8-3-2-6(5-16)4-7(8)12/h2-4H,1H3. The van der Waals surface area contributed by atoms with E-state index in [-0.39, 0.29) is 10.1 Å². The van der Waals surface area contributed by atoms with Gasteiger partial charge in [-0.2, -0.15) is 23.1 Å². The SMILES string of the molecule is Cn1c(C(F)(F)F)nn(-c2ccc(C#N)cc2F)c1=O. The van der Waals surface area contributed by atoms with Crippen molar-refractivity contribution in [1.29, 1.82) is 5.26 Å². The minimum absolute atomic E-state index is 0.0220. The fraction of sp³-hybridized carbons (Fsp3) is 0.182. The largest absolute Gasteiger partial charge is 0.451 e. The number of halogens is 4. The van der Waals surface area contributed by atoms with Crippen LogP contribution in [0.5, 0.6) is 0 Å². The predicted octanol–water partition coefficient (Wildman–Crippen LogP) is 1.60. The molecule has 0 N–H and O–H groups in total. The van der Waals surface area contributed by atoms with Crippen molar-refractivity contribution in [3.05, 3.63) is 45.9 Å². The number of nitrogens with zero attached hydrogens (tertiary/aromatic N) is 4. The summed E-state index contributed by atoms with van der Waals surface area (Å²) in [6, 6.07) is 4.67. The topological polar surface area (TPSA) is 63.6 Å². The molecule has 0 aliphatic carbocycles. The summed E-state index contributed by atoms with van der Waals surface area (Å²) in [6.45, 7) is 0. The molecule has 9 heteroatoms. The summed E-state index contributed by atoms with van der Waals surface area (Å²) in [5, 5.41) is 11.7. The molecule has 2 aromatic rings. The van der Waals surface area contributed by atoms with E-state index in [2.05, 4.69) is 5.10 Å². The number of nitriles is 1. The van der Waals surface area contributed by atoms with E-state index in [1.165, 1.54) is 6.07 Å². The van der Waals surface area contributed by atoms with Gasteiger partial charge >= 0.3 is 11.9 Å². The molecule has 0 spiro atoms. The molecule has 1 aromatic carbocycles. The molecule has 0 radical (unpaired) electrons. The zero-order valence-corrected chi connectivity index (χ0v) is 9.94. The summed E-state index contributed by atoms with van der Waals surface area (Å²) in [7, 11) is 0.885. The smallest absolute Gasteiger partial charge is 0.274 e. The van der Waals surface area contributed by atoms with E-state index < -0.39 is 29.2 Å². The molecule has 0 aliphatic heterocycles. The van der Waals surface area contributed by atoms with Crippen LogP contribution < -0.4 is 5.69 Å². The van der Waals surface area contributed by atoms with Crippen molar-refractivity contribution in [2.24, 2.45) is 7.05 Å². The van der Waals surface area contributed by atoms with E-state index in [9.17, 15) is 22.4 Å². The van der Waals surface area contributed by atoms with Crippen molar-refractivity contribution in [3.8, 4) is 11.8 Å². The summed E-state index contributed by atoms with van der Waals surface area (Å²) in [5.74, 6) is -2.45. The van der Waals surface area contributed by atoms with Crippen LogP contribution in [0.3, 0.4) is 0 Å². The average molecular weight is 286 g/mol. The van der Waals surface area contributed by atoms with Crippen LogP contribution in [0.2, 0.25) is 0 Å². The van der Waals surface area contributed by atoms with E-state index in [1.54, 1.807) is 6.07 Å². The number of rotatable bonds is 1. The van der Waals surface area contributed by atoms with Crippen molar-refractivity contribution < 1.29 is 17.6 Å². The van der Waals surface area contributed by atoms with Gasteiger partial charge in [0.05, 0.1) is 11.6 Å². The summed E-state index contributed by atoms with van der Waals surface area (Å²) in [5.41, 5.74) is -1.62. The minimum Gasteiger partial charge on any atom is -0.274 e. The molecule has 0 amide bonds. The Kier molecular flexibility index (Phi) is 3.09. The molecular weight excluding hydrogens is 280 g/mol. The van der Waals surface area contributed by atoms with Crippen LogP contribution in [0, 0.1) is 17.1 Å². The third-order valence-electron chi connectivity index (χ3n) is 2.54. The van der Waals surface area contributed by atoms with Crippen molar-refractivity contribution in [3.63, 3.8) is 0 Å². The molecule has 1 heterocycles. The van der Waals surface area contributed by atoms with Gasteiger partial charge in [-0.1, -0.05) is 0 Å². The highest BCUT2D eigenvalue weighted by Crippen LogP contribution is 2.26. The van der Waals surface area contributed by atoms with Crippen molar-refractivity contribution in [2.75, 3.05) is 0 Å². The van der Waals surface area contributed by atoms with Crippen LogP contribution in [0.1, 0.15) is 11.4 Å². The van der Waals surface area contributed by atoms with Crippen LogP contribution in [0.25, 0.3) is 5.69 Å². The van der Waals surface area contributed by atoms with Crippen molar-refractivity contribution in [1.82, 2.24) is 14.3 Å². The van der Waals surface area contributed by atoms with Gasteiger partial charge in [0.25, 0.3) is 0 Å². The maximum Gasteiger partial charge on any atom is 0.451 e. The molecule has 0 atom stereocenters. The van der Waals surface area contributed by atoms with Gasteiger partial charge in [0.2, 0.25) is 5.82 Å². The maximum absolute atomic E-state index is 13.7. The Morgan fingerprint density at radius 2 is 2.00 bits per heavy atom. The first-order valence-corrected chi connectivity index (χ1v) is 5.19. The van der Waals surface area contributed by atoms with Crippen LogP contribution >= 0.6 is 0 Å². The molecule has 0 fully saturated rings. The zero-order chi connectivity index (χ0) is 15.1. The molecule has 0 bridgehead atoms. The summed E-state index contributed by atoms with van der Waals surface area (Å²) >= 11 is 0. The number of benzene rings is 1. The Bertz CT molecular complexity index is 766. The first-order chi connectivity index (χ1) is 9.25. The quantitative estimate of drug-likeness (QED) is 0.748. The monoisotopic (exact) mass is 286 g/mol. The summed E-state index contributed by atoms with van der Waals surface area (Å²) in [4.78, 5) is 11.7. The van der Waals surface area contributed by atoms with Gasteiger partial charge < -0.3 is 0 Å². The lowest BCUT2D eigenvalue weighted by molar-refractivity contribution is -0.147. The molecule has 2 rings (SSSR count). The summed E-state index contributed by atoms with van der Waals surface area (Å²) in [6.07, 6.45) is -4.83. The Labute approximate surface area is 109 Å². The third-order valence-corrected chi connectivity index (χ3v) is 2.54. The number of alkyl halides is 3. The average Bonchev–Trinajstić information content (AvgIpc) is 2.66. The van der Waals surface area contributed by atoms with E-state index in [1.807, 2.05) is 0 Å². The van der Waals surface area contributed by atoms with E-state index in [0.717, 1.165) is 19.2 Å². The van der Waals surface area contributed by atoms with Crippen molar-refractivity contribution >= 4 is 0 Å². The van der Waals surface area contributed by atoms with Crippen LogP contribution in [0.15, 0.2) is 23.0 Å². The fourth-order valence-electron chi connectivity index (χ4n) is 1.59. The van der Waals surface area contributed by atoms with Crippen molar-refractivity contribution in [2.45, 2.75) is 6.18 Å². The maximum atomic E-state index is 13.7. The van der Waals surface area contributed by atoms with Gasteiger partial charge in [-0.05, 0) is 18.2 Å². The van der Waals surface area contributed by atoms with E-state index >= 15 is 0 Å². The molecule has 1 aromatic heterocycles. The van der Waals surface area contributed by atoms with Crippen LogP contribution in [-0.2, 0) is 13.2 Å². The fourth-order valence-corrected chi connectivity index (χ4v) is 1.59. The third kappa shape index (κ3) is 2.16. The second-order valence-electron chi connectivity index (χ2n) is 3.85. The Morgan fingerprint density at radius 3 is 2.45 bits per heavy atom. The molecule has 0 aliphatic rings. The Morgan fingerprint density at radius 1 is 1.35 bits per heavy atom. The lowest BCUT2D eigenvalue weighted by atomic mass is 10.2. The number of hydrogen-bond donors (Lipinski definition) is 0. The Hall–Kier alpha value is -2.63. The zero-order valence-electron chi connectivity index (χ0n) is 9.94. The summed E-state index contributed by atoms with van der Waals surface area (Å²) < 4.78 is 52.1. The molecule has 5 nitrogen and oxygen atoms in total. The molecule has 104 valence electrons. The van der Waals surface area contributed by atoms with Crippen LogP contribution in [-0.4, -0.2) is 14.3 Å². The molecule has 20 heavy (non-hydrogen) atoms. The van der Waals surface area contributed by atoms with Gasteiger partial charge in [-0.25, -0.2) is 9.18 Å². The number of aromatic nitrogens is 3. The van der Waals surface area contributed by atoms with E-state index in [4.69, 9.17) is 5.26 Å². The molecule has 0 saturated heterocycles. The second kappa shape index (κ2) is 4.48. The highest BCUT2D eigenvalue weighted by molar-refractivity contribution is 5.40. The number of hydrogen-bond acceptors (Lipinski definition) is 3. The lowest BCUT2D eigenvalue weighted by Gasteiger charge is -2.03. The van der Waals surface area contributed by atoms with Gasteiger partial charge in [0.15, 0.2) is 0 Å². The molecular formula is C11H6F4N4O. The van der Waals surface area contributed by atoms with Gasteiger partial charge in [-0.15, -0.1) is 5.10 Å².